The average molecular weight is 454 g/mol. The highest BCUT2D eigenvalue weighted by molar-refractivity contribution is 6.33. The molecule has 2 heterocycles. The Labute approximate surface area is 181 Å². The van der Waals surface area contributed by atoms with E-state index in [1.54, 1.807) is 24.4 Å². The van der Waals surface area contributed by atoms with Crippen LogP contribution in [-0.2, 0) is 0 Å². The van der Waals surface area contributed by atoms with Crippen LogP contribution in [0.5, 0.6) is 0 Å². The number of fused-ring (bicyclic) bond motifs is 1. The zero-order valence-corrected chi connectivity index (χ0v) is 17.3. The molecule has 1 aliphatic carbocycles. The largest absolute Gasteiger partial charge is 0.387 e. The summed E-state index contributed by atoms with van der Waals surface area (Å²) in [7, 11) is 0. The number of carbonyl (C=O) groups excluding carboxylic acids is 1. The highest BCUT2D eigenvalue weighted by Gasteiger charge is 2.43. The van der Waals surface area contributed by atoms with Crippen LogP contribution in [-0.4, -0.2) is 32.2 Å². The molecule has 1 fully saturated rings. The molecule has 30 heavy (non-hydrogen) atoms. The lowest BCUT2D eigenvalue weighted by molar-refractivity contribution is -0.0446. The van der Waals surface area contributed by atoms with Crippen molar-refractivity contribution in [2.24, 2.45) is 0 Å². The van der Waals surface area contributed by atoms with Crippen LogP contribution < -0.4 is 5.32 Å². The zero-order chi connectivity index (χ0) is 21.5. The Bertz CT molecular complexity index is 1100. The van der Waals surface area contributed by atoms with Gasteiger partial charge in [0.05, 0.1) is 16.7 Å². The van der Waals surface area contributed by atoms with Crippen molar-refractivity contribution in [3.8, 4) is 0 Å². The lowest BCUT2D eigenvalue weighted by Gasteiger charge is -2.41. The van der Waals surface area contributed by atoms with Crippen molar-refractivity contribution in [2.45, 2.75) is 43.5 Å². The van der Waals surface area contributed by atoms with Crippen molar-refractivity contribution >= 4 is 34.8 Å². The molecule has 0 radical (unpaired) electrons. The molecule has 1 unspecified atom stereocenters. The molecule has 1 atom stereocenters. The van der Waals surface area contributed by atoms with Gasteiger partial charge in [-0.25, -0.2) is 13.8 Å². The number of rotatable bonds is 4. The molecular formula is C21H19Cl2F2N3O2. The van der Waals surface area contributed by atoms with E-state index in [9.17, 15) is 18.7 Å². The Morgan fingerprint density at radius 1 is 1.23 bits per heavy atom. The van der Waals surface area contributed by atoms with Gasteiger partial charge in [0.15, 0.2) is 10.8 Å². The van der Waals surface area contributed by atoms with E-state index in [1.165, 1.54) is 22.6 Å². The predicted octanol–water partition coefficient (Wildman–Crippen LogP) is 4.89. The van der Waals surface area contributed by atoms with Crippen molar-refractivity contribution in [2.75, 3.05) is 0 Å². The van der Waals surface area contributed by atoms with E-state index in [-0.39, 0.29) is 47.1 Å². The second-order valence-corrected chi connectivity index (χ2v) is 8.24. The highest BCUT2D eigenvalue weighted by atomic mass is 35.5. The Kier molecular flexibility index (Phi) is 5.70. The summed E-state index contributed by atoms with van der Waals surface area (Å²) in [4.78, 5) is 17.3. The van der Waals surface area contributed by atoms with Crippen LogP contribution in [0.1, 0.15) is 47.8 Å². The molecule has 158 valence electrons. The molecule has 1 amide bonds. The maximum atomic E-state index is 14.2. The fourth-order valence-corrected chi connectivity index (χ4v) is 4.48. The lowest BCUT2D eigenvalue weighted by atomic mass is 9.76. The number of pyridine rings is 1. The van der Waals surface area contributed by atoms with Crippen LogP contribution >= 0.6 is 23.2 Å². The number of alkyl halides is 1. The number of amides is 1. The van der Waals surface area contributed by atoms with Crippen molar-refractivity contribution in [1.82, 2.24) is 14.7 Å². The summed E-state index contributed by atoms with van der Waals surface area (Å²) in [5.41, 5.74) is -0.727. The number of nitrogens with zero attached hydrogens (tertiary/aromatic N) is 2. The third-order valence-corrected chi connectivity index (χ3v) is 6.25. The number of aliphatic hydroxyl groups is 1. The SMILES string of the molecule is O=C(NC(c1cccc(F)c1Cl)[C@]1(O)CC[C@H](F)CC1)c1c(Cl)nc2ccccn12. The number of aromatic nitrogens is 2. The van der Waals surface area contributed by atoms with Gasteiger partial charge in [0.2, 0.25) is 0 Å². The summed E-state index contributed by atoms with van der Waals surface area (Å²) >= 11 is 12.4. The molecule has 5 nitrogen and oxygen atoms in total. The standard InChI is InChI=1S/C21H19Cl2F2N3O2/c22-16-13(4-3-5-14(16)25)18(21(30)9-7-12(24)8-10-21)27-20(29)17-19(23)26-15-6-1-2-11-28(15)17/h1-6,11-12,18,30H,7-10H2,(H,27,29)/t12-,18?,21-. The zero-order valence-electron chi connectivity index (χ0n) is 15.8. The minimum atomic E-state index is -1.50. The number of nitrogens with one attached hydrogen (secondary N) is 1. The highest BCUT2D eigenvalue weighted by Crippen LogP contribution is 2.42. The molecule has 9 heteroatoms. The van der Waals surface area contributed by atoms with E-state index >= 15 is 0 Å². The molecule has 1 aromatic carbocycles. The van der Waals surface area contributed by atoms with Crippen LogP contribution in [0, 0.1) is 5.82 Å². The van der Waals surface area contributed by atoms with Gasteiger partial charge in [-0.2, -0.15) is 0 Å². The monoisotopic (exact) mass is 453 g/mol. The van der Waals surface area contributed by atoms with Crippen LogP contribution in [0.3, 0.4) is 0 Å². The molecule has 3 aromatic rings. The van der Waals surface area contributed by atoms with Crippen LogP contribution in [0.25, 0.3) is 5.65 Å². The molecule has 2 N–H and O–H groups in total. The van der Waals surface area contributed by atoms with Gasteiger partial charge in [-0.15, -0.1) is 0 Å². The van der Waals surface area contributed by atoms with Crippen LogP contribution in [0.15, 0.2) is 42.6 Å². The molecule has 1 aliphatic rings. The normalized spacial score (nSPS) is 22.8. The predicted molar refractivity (Wildman–Crippen MR) is 110 cm³/mol. The van der Waals surface area contributed by atoms with Gasteiger partial charge in [-0.05, 0) is 49.4 Å². The first-order valence-electron chi connectivity index (χ1n) is 9.54. The smallest absolute Gasteiger partial charge is 0.272 e. The van der Waals surface area contributed by atoms with Gasteiger partial charge < -0.3 is 10.4 Å². The quantitative estimate of drug-likeness (QED) is 0.590. The summed E-state index contributed by atoms with van der Waals surface area (Å²) in [6.45, 7) is 0. The minimum Gasteiger partial charge on any atom is -0.387 e. The van der Waals surface area contributed by atoms with Crippen molar-refractivity contribution in [1.29, 1.82) is 0 Å². The van der Waals surface area contributed by atoms with E-state index in [0.29, 0.717) is 5.65 Å². The summed E-state index contributed by atoms with van der Waals surface area (Å²) in [5, 5.41) is 13.9. The third kappa shape index (κ3) is 3.77. The Hall–Kier alpha value is -2.22. The minimum absolute atomic E-state index is 0.0118. The molecule has 0 bridgehead atoms. The van der Waals surface area contributed by atoms with E-state index in [1.807, 2.05) is 0 Å². The van der Waals surface area contributed by atoms with Gasteiger partial charge in [0, 0.05) is 6.20 Å². The van der Waals surface area contributed by atoms with Gasteiger partial charge >= 0.3 is 0 Å². The first-order valence-corrected chi connectivity index (χ1v) is 10.3. The number of hydrogen-bond donors (Lipinski definition) is 2. The number of imidazole rings is 1. The fourth-order valence-electron chi connectivity index (χ4n) is 3.99. The summed E-state index contributed by atoms with van der Waals surface area (Å²) in [6.07, 6.45) is 1.05. The number of benzene rings is 1. The summed E-state index contributed by atoms with van der Waals surface area (Å²) < 4.78 is 29.4. The molecule has 0 aliphatic heterocycles. The molecule has 0 spiro atoms. The Morgan fingerprint density at radius 3 is 2.70 bits per heavy atom. The van der Waals surface area contributed by atoms with Crippen LogP contribution in [0.4, 0.5) is 8.78 Å². The first kappa shape index (κ1) is 21.0. The van der Waals surface area contributed by atoms with Gasteiger partial charge in [-0.1, -0.05) is 41.4 Å². The molecular weight excluding hydrogens is 435 g/mol. The fraction of sp³-hybridized carbons (Fsp3) is 0.333. The average Bonchev–Trinajstić information content (AvgIpc) is 3.06. The Balaban J connectivity index is 1.75. The van der Waals surface area contributed by atoms with Gasteiger partial charge in [-0.3, -0.25) is 9.20 Å². The van der Waals surface area contributed by atoms with E-state index in [2.05, 4.69) is 10.3 Å². The van der Waals surface area contributed by atoms with Crippen LogP contribution in [0.2, 0.25) is 10.2 Å². The molecule has 2 aromatic heterocycles. The molecule has 4 rings (SSSR count). The summed E-state index contributed by atoms with van der Waals surface area (Å²) in [5.74, 6) is -1.29. The van der Waals surface area contributed by atoms with Gasteiger partial charge in [0.1, 0.15) is 17.6 Å². The Morgan fingerprint density at radius 2 is 1.97 bits per heavy atom. The topological polar surface area (TPSA) is 66.6 Å². The second kappa shape index (κ2) is 8.13. The molecule has 0 saturated heterocycles. The third-order valence-electron chi connectivity index (χ3n) is 5.59. The van der Waals surface area contributed by atoms with Crippen molar-refractivity contribution < 1.29 is 18.7 Å². The lowest BCUT2D eigenvalue weighted by Crippen LogP contribution is -2.49. The van der Waals surface area contributed by atoms with Crippen molar-refractivity contribution in [3.63, 3.8) is 0 Å². The van der Waals surface area contributed by atoms with Gasteiger partial charge in [0.25, 0.3) is 5.91 Å². The van der Waals surface area contributed by atoms with E-state index in [0.717, 1.165) is 0 Å². The summed E-state index contributed by atoms with van der Waals surface area (Å²) in [6, 6.07) is 8.28. The number of carbonyl (C=O) groups is 1. The van der Waals surface area contributed by atoms with E-state index in [4.69, 9.17) is 23.2 Å². The second-order valence-electron chi connectivity index (χ2n) is 7.51. The van der Waals surface area contributed by atoms with E-state index < -0.39 is 29.5 Å². The maximum absolute atomic E-state index is 14.2. The maximum Gasteiger partial charge on any atom is 0.272 e. The first-order chi connectivity index (χ1) is 14.3. The molecule has 1 saturated carbocycles. The number of hydrogen-bond acceptors (Lipinski definition) is 3. The number of halogens is 4. The van der Waals surface area contributed by atoms with Crippen molar-refractivity contribution in [3.05, 3.63) is 69.8 Å².